The number of benzene rings is 3. The number of nitrogens with one attached hydrogen (secondary N) is 1. The van der Waals surface area contributed by atoms with E-state index in [9.17, 15) is 19.5 Å². The molecule has 2 N–H and O–H groups in total. The Morgan fingerprint density at radius 1 is 0.857 bits per heavy atom. The molecule has 28 heavy (non-hydrogen) atoms. The Hall–Kier alpha value is -3.93. The highest BCUT2D eigenvalue weighted by Crippen LogP contribution is 2.35. The first-order valence-electron chi connectivity index (χ1n) is 8.51. The van der Waals surface area contributed by atoms with E-state index in [1.165, 1.54) is 25.3 Å². The van der Waals surface area contributed by atoms with Crippen LogP contribution in [-0.4, -0.2) is 29.7 Å². The molecule has 4 rings (SSSR count). The van der Waals surface area contributed by atoms with Crippen LogP contribution in [0, 0.1) is 0 Å². The van der Waals surface area contributed by atoms with Crippen LogP contribution in [0.2, 0.25) is 0 Å². The summed E-state index contributed by atoms with van der Waals surface area (Å²) in [6.45, 7) is 0. The molecule has 0 bridgehead atoms. The van der Waals surface area contributed by atoms with E-state index in [1.807, 2.05) is 0 Å². The average molecular weight is 373 g/mol. The van der Waals surface area contributed by atoms with Gasteiger partial charge in [0, 0.05) is 22.4 Å². The largest absolute Gasteiger partial charge is 0.506 e. The van der Waals surface area contributed by atoms with Gasteiger partial charge < -0.3 is 15.2 Å². The predicted octanol–water partition coefficient (Wildman–Crippen LogP) is 3.43. The van der Waals surface area contributed by atoms with E-state index in [1.54, 1.807) is 42.5 Å². The van der Waals surface area contributed by atoms with Crippen LogP contribution >= 0.6 is 0 Å². The van der Waals surface area contributed by atoms with Crippen molar-refractivity contribution >= 4 is 23.2 Å². The van der Waals surface area contributed by atoms with Crippen LogP contribution in [0.1, 0.15) is 42.2 Å². The van der Waals surface area contributed by atoms with Crippen molar-refractivity contribution in [1.29, 1.82) is 0 Å². The molecule has 0 atom stereocenters. The van der Waals surface area contributed by atoms with Crippen LogP contribution in [0.15, 0.2) is 60.7 Å². The minimum atomic E-state index is -0.593. The molecular formula is C22H15NO5. The molecule has 0 radical (unpaired) electrons. The van der Waals surface area contributed by atoms with Gasteiger partial charge in [0.2, 0.25) is 0 Å². The normalized spacial score (nSPS) is 12.2. The highest BCUT2D eigenvalue weighted by atomic mass is 16.5. The van der Waals surface area contributed by atoms with Gasteiger partial charge in [0.05, 0.1) is 18.2 Å². The van der Waals surface area contributed by atoms with E-state index >= 15 is 0 Å². The summed E-state index contributed by atoms with van der Waals surface area (Å²) in [7, 11) is 1.54. The number of hydrogen-bond donors (Lipinski definition) is 2. The van der Waals surface area contributed by atoms with E-state index in [2.05, 4.69) is 5.32 Å². The molecular weight excluding hydrogens is 358 g/mol. The second kappa shape index (κ2) is 6.66. The maximum absolute atomic E-state index is 12.8. The molecule has 0 saturated heterocycles. The number of ketones is 2. The van der Waals surface area contributed by atoms with E-state index in [4.69, 9.17) is 4.74 Å². The SMILES string of the molecule is COc1ccc(NC(=O)c2ccc3c(c2O)C(=O)c2ccccc2C3=O)cc1. The second-order valence-corrected chi connectivity index (χ2v) is 6.27. The van der Waals surface area contributed by atoms with E-state index in [0.29, 0.717) is 11.4 Å². The Balaban J connectivity index is 1.71. The van der Waals surface area contributed by atoms with Crippen LogP contribution in [0.4, 0.5) is 5.69 Å². The number of ether oxygens (including phenoxy) is 1. The molecule has 138 valence electrons. The quantitative estimate of drug-likeness (QED) is 0.574. The number of carbonyl (C=O) groups is 3. The molecule has 0 heterocycles. The van der Waals surface area contributed by atoms with Crippen LogP contribution in [0.5, 0.6) is 11.5 Å². The van der Waals surface area contributed by atoms with Crippen molar-refractivity contribution in [2.45, 2.75) is 0 Å². The molecule has 0 saturated carbocycles. The van der Waals surface area contributed by atoms with Crippen molar-refractivity contribution in [2.24, 2.45) is 0 Å². The number of rotatable bonds is 3. The summed E-state index contributed by atoms with van der Waals surface area (Å²) >= 11 is 0. The standard InChI is InChI=1S/C22H15NO5/c1-28-13-8-6-12(7-9-13)23-22(27)17-11-10-16-18(21(17)26)20(25)15-5-3-2-4-14(15)19(16)24/h2-11,26H,1H3,(H,23,27). The van der Waals surface area contributed by atoms with E-state index < -0.39 is 17.4 Å². The number of aromatic hydroxyl groups is 1. The van der Waals surface area contributed by atoms with Crippen molar-refractivity contribution in [3.8, 4) is 11.5 Å². The fraction of sp³-hybridized carbons (Fsp3) is 0.0455. The zero-order chi connectivity index (χ0) is 19.8. The van der Waals surface area contributed by atoms with Crippen molar-refractivity contribution in [2.75, 3.05) is 12.4 Å². The van der Waals surface area contributed by atoms with Gasteiger partial charge in [-0.05, 0) is 36.4 Å². The maximum atomic E-state index is 12.8. The summed E-state index contributed by atoms with van der Waals surface area (Å²) in [4.78, 5) is 38.1. The van der Waals surface area contributed by atoms with Gasteiger partial charge in [0.25, 0.3) is 5.91 Å². The highest BCUT2D eigenvalue weighted by Gasteiger charge is 2.33. The summed E-state index contributed by atoms with van der Waals surface area (Å²) < 4.78 is 5.07. The van der Waals surface area contributed by atoms with Gasteiger partial charge in [-0.15, -0.1) is 0 Å². The van der Waals surface area contributed by atoms with Crippen molar-refractivity contribution < 1.29 is 24.2 Å². The second-order valence-electron chi connectivity index (χ2n) is 6.27. The Morgan fingerprint density at radius 3 is 2.14 bits per heavy atom. The molecule has 3 aromatic rings. The number of phenolic OH excluding ortho intramolecular Hbond substituents is 1. The fourth-order valence-electron chi connectivity index (χ4n) is 3.23. The van der Waals surface area contributed by atoms with E-state index in [0.717, 1.165) is 0 Å². The van der Waals surface area contributed by atoms with Crippen LogP contribution < -0.4 is 10.1 Å². The monoisotopic (exact) mass is 373 g/mol. The van der Waals surface area contributed by atoms with E-state index in [-0.39, 0.29) is 33.6 Å². The van der Waals surface area contributed by atoms with Crippen molar-refractivity contribution in [1.82, 2.24) is 0 Å². The molecule has 3 aromatic carbocycles. The molecule has 0 spiro atoms. The lowest BCUT2D eigenvalue weighted by Crippen LogP contribution is -2.22. The highest BCUT2D eigenvalue weighted by molar-refractivity contribution is 6.30. The third kappa shape index (κ3) is 2.72. The number of hydrogen-bond acceptors (Lipinski definition) is 5. The van der Waals surface area contributed by atoms with Crippen LogP contribution in [0.3, 0.4) is 0 Å². The van der Waals surface area contributed by atoms with Gasteiger partial charge in [-0.25, -0.2) is 0 Å². The topological polar surface area (TPSA) is 92.7 Å². The van der Waals surface area contributed by atoms with Gasteiger partial charge >= 0.3 is 0 Å². The molecule has 0 fully saturated rings. The summed E-state index contributed by atoms with van der Waals surface area (Å²) in [6.07, 6.45) is 0. The molecule has 0 unspecified atom stereocenters. The minimum Gasteiger partial charge on any atom is -0.506 e. The lowest BCUT2D eigenvalue weighted by molar-refractivity contribution is 0.0974. The van der Waals surface area contributed by atoms with Gasteiger partial charge in [-0.2, -0.15) is 0 Å². The molecule has 6 heteroatoms. The average Bonchev–Trinajstić information content (AvgIpc) is 2.72. The van der Waals surface area contributed by atoms with Gasteiger partial charge in [0.15, 0.2) is 11.6 Å². The molecule has 1 amide bonds. The molecule has 1 aliphatic rings. The van der Waals surface area contributed by atoms with Crippen LogP contribution in [-0.2, 0) is 0 Å². The Morgan fingerprint density at radius 2 is 1.50 bits per heavy atom. The van der Waals surface area contributed by atoms with Gasteiger partial charge in [-0.3, -0.25) is 14.4 Å². The maximum Gasteiger partial charge on any atom is 0.259 e. The number of amides is 1. The minimum absolute atomic E-state index is 0.0854. The van der Waals surface area contributed by atoms with Crippen LogP contribution in [0.25, 0.3) is 0 Å². The Labute approximate surface area is 160 Å². The first kappa shape index (κ1) is 17.5. The summed E-state index contributed by atoms with van der Waals surface area (Å²) in [5.41, 5.74) is 0.844. The molecule has 0 aliphatic heterocycles. The first-order valence-corrected chi connectivity index (χ1v) is 8.51. The number of anilines is 1. The Kier molecular flexibility index (Phi) is 4.16. The number of methoxy groups -OCH3 is 1. The zero-order valence-electron chi connectivity index (χ0n) is 14.9. The fourth-order valence-corrected chi connectivity index (χ4v) is 3.23. The third-order valence-electron chi connectivity index (χ3n) is 4.66. The lowest BCUT2D eigenvalue weighted by atomic mass is 9.82. The summed E-state index contributed by atoms with van der Waals surface area (Å²) in [5.74, 6) is -1.30. The number of fused-ring (bicyclic) bond motifs is 2. The van der Waals surface area contributed by atoms with Gasteiger partial charge in [-0.1, -0.05) is 24.3 Å². The predicted molar refractivity (Wildman–Crippen MR) is 102 cm³/mol. The van der Waals surface area contributed by atoms with Crippen molar-refractivity contribution in [3.05, 3.63) is 88.5 Å². The summed E-state index contributed by atoms with van der Waals surface area (Å²) in [5, 5.41) is 13.3. The Bertz CT molecular complexity index is 1130. The zero-order valence-corrected chi connectivity index (χ0v) is 14.9. The molecule has 0 aromatic heterocycles. The lowest BCUT2D eigenvalue weighted by Gasteiger charge is -2.19. The molecule has 1 aliphatic carbocycles. The number of phenols is 1. The smallest absolute Gasteiger partial charge is 0.259 e. The summed E-state index contributed by atoms with van der Waals surface area (Å²) in [6, 6.07) is 15.8. The van der Waals surface area contributed by atoms with Crippen molar-refractivity contribution in [3.63, 3.8) is 0 Å². The third-order valence-corrected chi connectivity index (χ3v) is 4.66. The number of carbonyl (C=O) groups excluding carboxylic acids is 3. The first-order chi connectivity index (χ1) is 13.5. The molecule has 6 nitrogen and oxygen atoms in total. The van der Waals surface area contributed by atoms with Gasteiger partial charge in [0.1, 0.15) is 11.5 Å².